The molecule has 0 aliphatic heterocycles. The lowest BCUT2D eigenvalue weighted by molar-refractivity contribution is -0.119. The first-order chi connectivity index (χ1) is 14.5. The molecule has 0 saturated heterocycles. The van der Waals surface area contributed by atoms with Gasteiger partial charge in [0, 0.05) is 0 Å². The van der Waals surface area contributed by atoms with Crippen LogP contribution in [0.3, 0.4) is 0 Å². The molecular weight excluding hydrogens is 446 g/mol. The van der Waals surface area contributed by atoms with E-state index in [-0.39, 0.29) is 27.6 Å². The molecule has 1 amide bonds. The van der Waals surface area contributed by atoms with Crippen molar-refractivity contribution in [3.63, 3.8) is 0 Å². The van der Waals surface area contributed by atoms with E-state index in [1.165, 1.54) is 13.8 Å². The van der Waals surface area contributed by atoms with Gasteiger partial charge in [0.25, 0.3) is 12.9 Å². The third-order valence-corrected chi connectivity index (χ3v) is 5.40. The first-order valence-corrected chi connectivity index (χ1v) is 9.70. The van der Waals surface area contributed by atoms with Crippen molar-refractivity contribution in [3.8, 4) is 0 Å². The molecule has 8 nitrogen and oxygen atoms in total. The van der Waals surface area contributed by atoms with E-state index in [1.807, 2.05) is 0 Å². The zero-order valence-corrected chi connectivity index (χ0v) is 17.7. The number of carbonyl (C=O) groups is 3. The molecule has 0 spiro atoms. The van der Waals surface area contributed by atoms with Gasteiger partial charge in [0.05, 0.1) is 19.3 Å². The number of hydrogen-bond acceptors (Lipinski definition) is 7. The fraction of sp³-hybridized carbons (Fsp3) is 0.444. The molecule has 31 heavy (non-hydrogen) atoms. The predicted molar refractivity (Wildman–Crippen MR) is 102 cm³/mol. The molecule has 1 unspecified atom stereocenters. The van der Waals surface area contributed by atoms with Gasteiger partial charge in [-0.15, -0.1) is 11.3 Å². The van der Waals surface area contributed by atoms with Crippen molar-refractivity contribution < 1.29 is 41.4 Å². The summed E-state index contributed by atoms with van der Waals surface area (Å²) >= 11 is 0.734. The van der Waals surface area contributed by atoms with E-state index in [0.717, 1.165) is 18.4 Å². The van der Waals surface area contributed by atoms with Crippen LogP contribution < -0.4 is 5.32 Å². The lowest BCUT2D eigenvalue weighted by Gasteiger charge is -2.15. The second kappa shape index (κ2) is 9.90. The van der Waals surface area contributed by atoms with Crippen LogP contribution in [0, 0.1) is 6.92 Å². The van der Waals surface area contributed by atoms with Crippen LogP contribution in [0.4, 0.5) is 22.6 Å². The van der Waals surface area contributed by atoms with E-state index in [9.17, 15) is 31.9 Å². The van der Waals surface area contributed by atoms with Crippen molar-refractivity contribution in [2.45, 2.75) is 39.7 Å². The minimum absolute atomic E-state index is 0.0394. The van der Waals surface area contributed by atoms with Gasteiger partial charge in [-0.3, -0.25) is 9.48 Å². The molecule has 0 aliphatic rings. The average molecular weight is 465 g/mol. The first-order valence-electron chi connectivity index (χ1n) is 8.88. The number of thiophene rings is 1. The van der Waals surface area contributed by atoms with Crippen molar-refractivity contribution in [1.29, 1.82) is 0 Å². The Morgan fingerprint density at radius 1 is 1.19 bits per heavy atom. The number of nitrogens with one attached hydrogen (secondary N) is 1. The monoisotopic (exact) mass is 465 g/mol. The average Bonchev–Trinajstić information content (AvgIpc) is 3.29. The van der Waals surface area contributed by atoms with Crippen LogP contribution in [0.1, 0.15) is 69.7 Å². The normalized spacial score (nSPS) is 12.2. The van der Waals surface area contributed by atoms with Gasteiger partial charge in [-0.25, -0.2) is 27.2 Å². The Morgan fingerprint density at radius 2 is 1.84 bits per heavy atom. The summed E-state index contributed by atoms with van der Waals surface area (Å²) in [5, 5.41) is 5.69. The quantitative estimate of drug-likeness (QED) is 0.461. The number of halogens is 4. The maximum Gasteiger partial charge on any atom is 0.348 e. The predicted octanol–water partition coefficient (Wildman–Crippen LogP) is 4.29. The van der Waals surface area contributed by atoms with Crippen LogP contribution in [-0.2, 0) is 14.3 Å². The molecule has 0 aromatic carbocycles. The zero-order chi connectivity index (χ0) is 23.5. The largest absolute Gasteiger partial charge is 0.465 e. The Hall–Kier alpha value is -2.96. The van der Waals surface area contributed by atoms with Gasteiger partial charge in [-0.2, -0.15) is 5.10 Å². The van der Waals surface area contributed by atoms with Crippen LogP contribution in [-0.4, -0.2) is 41.3 Å². The van der Waals surface area contributed by atoms with E-state index in [0.29, 0.717) is 10.7 Å². The summed E-state index contributed by atoms with van der Waals surface area (Å²) in [6.07, 6.45) is -6.26. The summed E-state index contributed by atoms with van der Waals surface area (Å²) in [7, 11) is 1.10. The Kier molecular flexibility index (Phi) is 7.76. The summed E-state index contributed by atoms with van der Waals surface area (Å²) in [5.41, 5.74) is -1.67. The molecule has 2 heterocycles. The number of rotatable bonds is 8. The molecule has 2 rings (SSSR count). The Bertz CT molecular complexity index is 989. The van der Waals surface area contributed by atoms with E-state index >= 15 is 0 Å². The van der Waals surface area contributed by atoms with Crippen LogP contribution in [0.5, 0.6) is 0 Å². The van der Waals surface area contributed by atoms with Crippen LogP contribution >= 0.6 is 11.3 Å². The number of methoxy groups -OCH3 is 1. The highest BCUT2D eigenvalue weighted by molar-refractivity contribution is 7.18. The molecule has 0 radical (unpaired) electrons. The number of ether oxygens (including phenoxy) is 2. The van der Waals surface area contributed by atoms with Crippen molar-refractivity contribution in [1.82, 2.24) is 9.78 Å². The highest BCUT2D eigenvalue weighted by Crippen LogP contribution is 2.35. The summed E-state index contributed by atoms with van der Waals surface area (Å²) in [6, 6.07) is -0.914. The highest BCUT2D eigenvalue weighted by Gasteiger charge is 2.30. The van der Waals surface area contributed by atoms with Crippen LogP contribution in [0.15, 0.2) is 6.07 Å². The number of amides is 1. The lowest BCUT2D eigenvalue weighted by atomic mass is 10.1. The standard InChI is InChI=1S/C18H19F4N3O5S/c1-5-30-18(28)12-7(2)11(17(27)29-4)16(31-12)23-15(26)8(3)25-10(14(21)22)6-9(24-25)13(19)20/h6,8,13-14H,5H2,1-4H3,(H,23,26). The Morgan fingerprint density at radius 3 is 2.35 bits per heavy atom. The molecule has 0 aliphatic carbocycles. The van der Waals surface area contributed by atoms with Gasteiger partial charge in [0.15, 0.2) is 0 Å². The van der Waals surface area contributed by atoms with Crippen LogP contribution in [0.25, 0.3) is 0 Å². The van der Waals surface area contributed by atoms with Gasteiger partial charge in [0.2, 0.25) is 5.91 Å². The molecule has 1 N–H and O–H groups in total. The lowest BCUT2D eigenvalue weighted by Crippen LogP contribution is -2.26. The van der Waals surface area contributed by atoms with E-state index in [4.69, 9.17) is 4.74 Å². The smallest absolute Gasteiger partial charge is 0.348 e. The van der Waals surface area contributed by atoms with Crippen molar-refractivity contribution >= 4 is 34.2 Å². The number of hydrogen-bond donors (Lipinski definition) is 1. The van der Waals surface area contributed by atoms with E-state index in [2.05, 4.69) is 15.2 Å². The minimum Gasteiger partial charge on any atom is -0.465 e. The summed E-state index contributed by atoms with van der Waals surface area (Å²) in [4.78, 5) is 37.0. The van der Waals surface area contributed by atoms with E-state index in [1.54, 1.807) is 6.92 Å². The van der Waals surface area contributed by atoms with Crippen molar-refractivity contribution in [2.24, 2.45) is 0 Å². The molecule has 0 fully saturated rings. The van der Waals surface area contributed by atoms with Gasteiger partial charge in [-0.05, 0) is 32.4 Å². The van der Waals surface area contributed by atoms with Gasteiger partial charge >= 0.3 is 11.9 Å². The molecule has 2 aromatic rings. The summed E-state index contributed by atoms with van der Waals surface area (Å²) < 4.78 is 62.3. The number of carbonyl (C=O) groups excluding carboxylic acids is 3. The third-order valence-electron chi connectivity index (χ3n) is 4.21. The molecule has 2 aromatic heterocycles. The molecule has 0 saturated carbocycles. The number of esters is 2. The topological polar surface area (TPSA) is 99.5 Å². The molecular formula is C18H19F4N3O5S. The molecule has 13 heteroatoms. The minimum atomic E-state index is -3.15. The zero-order valence-electron chi connectivity index (χ0n) is 16.9. The SMILES string of the molecule is CCOC(=O)c1sc(NC(=O)C(C)n2nc(C(F)F)cc2C(F)F)c(C(=O)OC)c1C. The first kappa shape index (κ1) is 24.3. The summed E-state index contributed by atoms with van der Waals surface area (Å²) in [5.74, 6) is -2.50. The number of nitrogens with zero attached hydrogens (tertiary/aromatic N) is 2. The van der Waals surface area contributed by atoms with Crippen molar-refractivity contribution in [3.05, 3.63) is 33.5 Å². The van der Waals surface area contributed by atoms with Gasteiger partial charge in [-0.1, -0.05) is 0 Å². The Balaban J connectivity index is 2.42. The second-order valence-corrected chi connectivity index (χ2v) is 7.20. The molecule has 1 atom stereocenters. The maximum absolute atomic E-state index is 13.2. The number of alkyl halides is 4. The van der Waals surface area contributed by atoms with Gasteiger partial charge < -0.3 is 14.8 Å². The third kappa shape index (κ3) is 5.03. The Labute approximate surface area is 178 Å². The molecule has 0 bridgehead atoms. The van der Waals surface area contributed by atoms with Gasteiger partial charge in [0.1, 0.15) is 27.3 Å². The second-order valence-electron chi connectivity index (χ2n) is 6.18. The van der Waals surface area contributed by atoms with E-state index < -0.39 is 48.1 Å². The fourth-order valence-corrected chi connectivity index (χ4v) is 3.77. The number of anilines is 1. The molecule has 170 valence electrons. The number of aromatic nitrogens is 2. The fourth-order valence-electron chi connectivity index (χ4n) is 2.68. The van der Waals surface area contributed by atoms with Crippen molar-refractivity contribution in [2.75, 3.05) is 19.0 Å². The maximum atomic E-state index is 13.2. The summed E-state index contributed by atoms with van der Waals surface area (Å²) in [6.45, 7) is 4.29. The van der Waals surface area contributed by atoms with Crippen LogP contribution in [0.2, 0.25) is 0 Å². The highest BCUT2D eigenvalue weighted by atomic mass is 32.1.